The van der Waals surface area contributed by atoms with Crippen LogP contribution in [0.15, 0.2) is 24.3 Å². The van der Waals surface area contributed by atoms with Crippen LogP contribution in [0.2, 0.25) is 0 Å². The van der Waals surface area contributed by atoms with Gasteiger partial charge in [-0.15, -0.1) is 0 Å². The molecule has 1 aliphatic rings. The van der Waals surface area contributed by atoms with Crippen molar-refractivity contribution in [2.75, 3.05) is 26.7 Å². The molecule has 1 atom stereocenters. The molecule has 1 aliphatic heterocycles. The number of rotatable bonds is 8. The molecule has 1 heterocycles. The molecule has 2 N–H and O–H groups in total. The van der Waals surface area contributed by atoms with Crippen molar-refractivity contribution in [1.29, 1.82) is 0 Å². The van der Waals surface area contributed by atoms with Gasteiger partial charge < -0.3 is 20.3 Å². The summed E-state index contributed by atoms with van der Waals surface area (Å²) in [4.78, 5) is 39.1. The molecule has 0 radical (unpaired) electrons. The second kappa shape index (κ2) is 10.7. The number of carbonyl (C=O) groups is 3. The molecule has 7 heteroatoms. The molecule has 154 valence electrons. The predicted molar refractivity (Wildman–Crippen MR) is 107 cm³/mol. The highest BCUT2D eigenvalue weighted by molar-refractivity contribution is 5.97. The summed E-state index contributed by atoms with van der Waals surface area (Å²) < 4.78 is 5.12. The third kappa shape index (κ3) is 5.71. The molecular weight excluding hydrogens is 358 g/mol. The summed E-state index contributed by atoms with van der Waals surface area (Å²) >= 11 is 0. The minimum absolute atomic E-state index is 0.0000365. The molecule has 1 aromatic rings. The summed E-state index contributed by atoms with van der Waals surface area (Å²) in [6.07, 6.45) is 2.70. The molecule has 0 unspecified atom stereocenters. The number of likely N-dealkylation sites (tertiary alicyclic amines) is 1. The van der Waals surface area contributed by atoms with Crippen molar-refractivity contribution in [3.05, 3.63) is 29.8 Å². The molecule has 0 aromatic heterocycles. The van der Waals surface area contributed by atoms with E-state index in [1.807, 2.05) is 18.7 Å². The Hall–Kier alpha value is -2.57. The summed E-state index contributed by atoms with van der Waals surface area (Å²) in [7, 11) is 1.57. The highest BCUT2D eigenvalue weighted by Gasteiger charge is 2.33. The van der Waals surface area contributed by atoms with E-state index in [9.17, 15) is 14.4 Å². The van der Waals surface area contributed by atoms with Gasteiger partial charge in [-0.2, -0.15) is 0 Å². The second-order valence-corrected chi connectivity index (χ2v) is 7.04. The Morgan fingerprint density at radius 2 is 1.79 bits per heavy atom. The highest BCUT2D eigenvalue weighted by atomic mass is 16.5. The molecule has 2 rings (SSSR count). The molecule has 0 aliphatic carbocycles. The Bertz CT molecular complexity index is 667. The largest absolute Gasteiger partial charge is 0.497 e. The van der Waals surface area contributed by atoms with E-state index in [1.54, 1.807) is 31.4 Å². The zero-order chi connectivity index (χ0) is 20.5. The molecule has 1 fully saturated rings. The summed E-state index contributed by atoms with van der Waals surface area (Å²) in [6.45, 7) is 5.64. The van der Waals surface area contributed by atoms with Gasteiger partial charge in [0.05, 0.1) is 7.11 Å². The average Bonchev–Trinajstić information content (AvgIpc) is 2.75. The van der Waals surface area contributed by atoms with Crippen LogP contribution in [0.1, 0.15) is 49.9 Å². The lowest BCUT2D eigenvalue weighted by Gasteiger charge is -2.35. The first-order valence-corrected chi connectivity index (χ1v) is 10.0. The number of methoxy groups -OCH3 is 1. The lowest BCUT2D eigenvalue weighted by Crippen LogP contribution is -2.53. The number of benzene rings is 1. The lowest BCUT2D eigenvalue weighted by molar-refractivity contribution is -0.132. The Kier molecular flexibility index (Phi) is 8.29. The number of carbonyl (C=O) groups excluding carboxylic acids is 3. The average molecular weight is 389 g/mol. The topological polar surface area (TPSA) is 87.7 Å². The fourth-order valence-corrected chi connectivity index (χ4v) is 3.43. The molecule has 1 aromatic carbocycles. The number of hydrogen-bond donors (Lipinski definition) is 2. The Labute approximate surface area is 166 Å². The van der Waals surface area contributed by atoms with Crippen molar-refractivity contribution in [1.82, 2.24) is 15.5 Å². The molecule has 0 saturated carbocycles. The van der Waals surface area contributed by atoms with E-state index in [-0.39, 0.29) is 23.6 Å². The molecule has 0 spiro atoms. The van der Waals surface area contributed by atoms with Gasteiger partial charge in [-0.05, 0) is 49.4 Å². The normalized spacial score (nSPS) is 15.6. The monoisotopic (exact) mass is 389 g/mol. The van der Waals surface area contributed by atoms with Crippen LogP contribution >= 0.6 is 0 Å². The van der Waals surface area contributed by atoms with E-state index in [2.05, 4.69) is 10.6 Å². The minimum atomic E-state index is -0.611. The Morgan fingerprint density at radius 1 is 1.14 bits per heavy atom. The van der Waals surface area contributed by atoms with Crippen molar-refractivity contribution in [3.8, 4) is 5.75 Å². The van der Waals surface area contributed by atoms with Gasteiger partial charge in [-0.3, -0.25) is 14.4 Å². The van der Waals surface area contributed by atoms with Crippen LogP contribution < -0.4 is 15.4 Å². The van der Waals surface area contributed by atoms with Gasteiger partial charge in [0, 0.05) is 31.6 Å². The van der Waals surface area contributed by atoms with Crippen LogP contribution in [-0.2, 0) is 9.59 Å². The molecular formula is C21H31N3O4. The van der Waals surface area contributed by atoms with E-state index in [1.165, 1.54) is 0 Å². The van der Waals surface area contributed by atoms with Crippen molar-refractivity contribution in [3.63, 3.8) is 0 Å². The zero-order valence-electron chi connectivity index (χ0n) is 17.0. The van der Waals surface area contributed by atoms with Crippen LogP contribution in [0, 0.1) is 5.92 Å². The zero-order valence-corrected chi connectivity index (χ0v) is 17.0. The lowest BCUT2D eigenvalue weighted by atomic mass is 9.88. The Morgan fingerprint density at radius 3 is 2.32 bits per heavy atom. The van der Waals surface area contributed by atoms with Crippen LogP contribution in [-0.4, -0.2) is 55.4 Å². The summed E-state index contributed by atoms with van der Waals surface area (Å²) in [6, 6.07) is 6.18. The van der Waals surface area contributed by atoms with E-state index >= 15 is 0 Å². The fraction of sp³-hybridized carbons (Fsp3) is 0.571. The SMILES string of the molecule is CCCNC(=O)[C@@H](NC(=O)c1ccc(OC)cc1)C1CCN(C(=O)CC)CC1. The summed E-state index contributed by atoms with van der Waals surface area (Å²) in [5.74, 6) is 0.352. The van der Waals surface area contributed by atoms with Crippen LogP contribution in [0.3, 0.4) is 0 Å². The van der Waals surface area contributed by atoms with Crippen molar-refractivity contribution in [2.45, 2.75) is 45.6 Å². The summed E-state index contributed by atoms with van der Waals surface area (Å²) in [5, 5.41) is 5.81. The smallest absolute Gasteiger partial charge is 0.251 e. The first-order chi connectivity index (χ1) is 13.5. The van der Waals surface area contributed by atoms with Crippen molar-refractivity contribution in [2.24, 2.45) is 5.92 Å². The first-order valence-electron chi connectivity index (χ1n) is 10.0. The predicted octanol–water partition coefficient (Wildman–Crippen LogP) is 1.97. The van der Waals surface area contributed by atoms with Gasteiger partial charge in [0.2, 0.25) is 11.8 Å². The van der Waals surface area contributed by atoms with E-state index < -0.39 is 6.04 Å². The van der Waals surface area contributed by atoms with E-state index in [4.69, 9.17) is 4.74 Å². The standard InChI is InChI=1S/C21H31N3O4/c1-4-12-22-21(27)19(15-10-13-24(14-11-15)18(25)5-2)23-20(26)16-6-8-17(28-3)9-7-16/h6-9,15,19H,4-5,10-14H2,1-3H3,(H,22,27)(H,23,26)/t19-/m0/s1. The quantitative estimate of drug-likeness (QED) is 0.712. The third-order valence-corrected chi connectivity index (χ3v) is 5.14. The number of nitrogens with zero attached hydrogens (tertiary/aromatic N) is 1. The first kappa shape index (κ1) is 21.7. The maximum absolute atomic E-state index is 12.7. The van der Waals surface area contributed by atoms with Gasteiger partial charge >= 0.3 is 0 Å². The van der Waals surface area contributed by atoms with Crippen LogP contribution in [0.4, 0.5) is 0 Å². The molecule has 3 amide bonds. The number of piperidine rings is 1. The number of amides is 3. The molecule has 0 bridgehead atoms. The van der Waals surface area contributed by atoms with E-state index in [0.717, 1.165) is 6.42 Å². The van der Waals surface area contributed by atoms with Crippen LogP contribution in [0.25, 0.3) is 0 Å². The number of hydrogen-bond acceptors (Lipinski definition) is 4. The second-order valence-electron chi connectivity index (χ2n) is 7.04. The fourth-order valence-electron chi connectivity index (χ4n) is 3.43. The maximum Gasteiger partial charge on any atom is 0.251 e. The molecule has 7 nitrogen and oxygen atoms in total. The number of nitrogens with one attached hydrogen (secondary N) is 2. The third-order valence-electron chi connectivity index (χ3n) is 5.14. The van der Waals surface area contributed by atoms with Gasteiger partial charge in [0.1, 0.15) is 11.8 Å². The molecule has 1 saturated heterocycles. The van der Waals surface area contributed by atoms with E-state index in [0.29, 0.717) is 50.2 Å². The van der Waals surface area contributed by atoms with Crippen LogP contribution in [0.5, 0.6) is 5.75 Å². The van der Waals surface area contributed by atoms with Gasteiger partial charge in [-0.1, -0.05) is 13.8 Å². The minimum Gasteiger partial charge on any atom is -0.497 e. The Balaban J connectivity index is 2.07. The van der Waals surface area contributed by atoms with Crippen molar-refractivity contribution < 1.29 is 19.1 Å². The van der Waals surface area contributed by atoms with Gasteiger partial charge in [0.25, 0.3) is 5.91 Å². The maximum atomic E-state index is 12.7. The number of ether oxygens (including phenoxy) is 1. The van der Waals surface area contributed by atoms with Gasteiger partial charge in [-0.25, -0.2) is 0 Å². The molecule has 28 heavy (non-hydrogen) atoms. The summed E-state index contributed by atoms with van der Waals surface area (Å²) in [5.41, 5.74) is 0.479. The van der Waals surface area contributed by atoms with Crippen molar-refractivity contribution >= 4 is 17.7 Å². The van der Waals surface area contributed by atoms with Gasteiger partial charge in [0.15, 0.2) is 0 Å². The highest BCUT2D eigenvalue weighted by Crippen LogP contribution is 2.22.